The van der Waals surface area contributed by atoms with Crippen molar-refractivity contribution in [3.8, 4) is 0 Å². The standard InChI is InChI=1S/C14H19FO4/c1-18-7-3-8-19-9-6-13(14(16)17)11-4-2-5-12(15)10-11/h2,4-5,10,13H,3,6-9H2,1H3,(H,16,17). The van der Waals surface area contributed by atoms with Crippen LogP contribution in [0.4, 0.5) is 4.39 Å². The molecule has 106 valence electrons. The number of aliphatic carboxylic acids is 1. The Morgan fingerprint density at radius 1 is 1.37 bits per heavy atom. The van der Waals surface area contributed by atoms with Crippen molar-refractivity contribution in [3.63, 3.8) is 0 Å². The van der Waals surface area contributed by atoms with E-state index in [1.807, 2.05) is 0 Å². The highest BCUT2D eigenvalue weighted by atomic mass is 19.1. The van der Waals surface area contributed by atoms with Crippen LogP contribution in [0.2, 0.25) is 0 Å². The van der Waals surface area contributed by atoms with Crippen molar-refractivity contribution in [3.05, 3.63) is 35.6 Å². The molecule has 1 rings (SSSR count). The summed E-state index contributed by atoms with van der Waals surface area (Å²) in [5.74, 6) is -2.13. The molecule has 0 aliphatic heterocycles. The van der Waals surface area contributed by atoms with Crippen molar-refractivity contribution in [2.75, 3.05) is 26.9 Å². The molecule has 0 bridgehead atoms. The van der Waals surface area contributed by atoms with Gasteiger partial charge in [0, 0.05) is 26.9 Å². The van der Waals surface area contributed by atoms with Gasteiger partial charge in [0.1, 0.15) is 5.82 Å². The molecular formula is C14H19FO4. The average molecular weight is 270 g/mol. The lowest BCUT2D eigenvalue weighted by Gasteiger charge is -2.13. The minimum atomic E-state index is -0.967. The van der Waals surface area contributed by atoms with Crippen molar-refractivity contribution in [1.82, 2.24) is 0 Å². The molecule has 0 radical (unpaired) electrons. The molecule has 0 saturated carbocycles. The normalized spacial score (nSPS) is 12.3. The van der Waals surface area contributed by atoms with E-state index in [0.29, 0.717) is 31.8 Å². The first kappa shape index (κ1) is 15.6. The molecule has 1 unspecified atom stereocenters. The van der Waals surface area contributed by atoms with Crippen molar-refractivity contribution >= 4 is 5.97 Å². The van der Waals surface area contributed by atoms with Crippen LogP contribution in [-0.2, 0) is 14.3 Å². The van der Waals surface area contributed by atoms with E-state index in [-0.39, 0.29) is 0 Å². The molecule has 1 aromatic carbocycles. The van der Waals surface area contributed by atoms with Crippen LogP contribution in [0.1, 0.15) is 24.3 Å². The Labute approximate surface area is 112 Å². The van der Waals surface area contributed by atoms with Crippen molar-refractivity contribution in [2.24, 2.45) is 0 Å². The molecule has 19 heavy (non-hydrogen) atoms. The van der Waals surface area contributed by atoms with Gasteiger partial charge < -0.3 is 14.6 Å². The van der Waals surface area contributed by atoms with Gasteiger partial charge in [0.05, 0.1) is 5.92 Å². The topological polar surface area (TPSA) is 55.8 Å². The van der Waals surface area contributed by atoms with E-state index < -0.39 is 17.7 Å². The molecule has 1 atom stereocenters. The minimum Gasteiger partial charge on any atom is -0.481 e. The Kier molecular flexibility index (Phi) is 7.07. The molecule has 0 aliphatic carbocycles. The summed E-state index contributed by atoms with van der Waals surface area (Å²) in [4.78, 5) is 11.2. The molecule has 0 spiro atoms. The molecule has 1 N–H and O–H groups in total. The quantitative estimate of drug-likeness (QED) is 0.700. The van der Waals surface area contributed by atoms with Crippen LogP contribution in [-0.4, -0.2) is 38.0 Å². The minimum absolute atomic E-state index is 0.325. The second-order valence-corrected chi connectivity index (χ2v) is 4.19. The van der Waals surface area contributed by atoms with Gasteiger partial charge in [-0.1, -0.05) is 12.1 Å². The summed E-state index contributed by atoms with van der Waals surface area (Å²) in [6.45, 7) is 1.48. The SMILES string of the molecule is COCCCOCCC(C(=O)O)c1cccc(F)c1. The monoisotopic (exact) mass is 270 g/mol. The molecule has 0 saturated heterocycles. The maximum Gasteiger partial charge on any atom is 0.311 e. The number of halogens is 1. The second-order valence-electron chi connectivity index (χ2n) is 4.19. The van der Waals surface area contributed by atoms with Crippen LogP contribution in [0.5, 0.6) is 0 Å². The highest BCUT2D eigenvalue weighted by Crippen LogP contribution is 2.20. The van der Waals surface area contributed by atoms with Crippen LogP contribution in [0.15, 0.2) is 24.3 Å². The number of ether oxygens (including phenoxy) is 2. The number of carbonyl (C=O) groups is 1. The molecule has 1 aromatic rings. The highest BCUT2D eigenvalue weighted by Gasteiger charge is 2.19. The number of benzene rings is 1. The van der Waals surface area contributed by atoms with E-state index in [1.165, 1.54) is 18.2 Å². The van der Waals surface area contributed by atoms with Gasteiger partial charge in [-0.05, 0) is 30.5 Å². The van der Waals surface area contributed by atoms with Crippen molar-refractivity contribution in [2.45, 2.75) is 18.8 Å². The fourth-order valence-corrected chi connectivity index (χ4v) is 1.76. The number of rotatable bonds is 9. The Bertz CT molecular complexity index is 395. The summed E-state index contributed by atoms with van der Waals surface area (Å²) in [7, 11) is 1.62. The molecule has 0 heterocycles. The summed E-state index contributed by atoms with van der Waals surface area (Å²) in [6, 6.07) is 5.68. The number of carboxylic acids is 1. The summed E-state index contributed by atoms with van der Waals surface area (Å²) in [5.41, 5.74) is 0.466. The van der Waals surface area contributed by atoms with E-state index in [1.54, 1.807) is 13.2 Å². The van der Waals surface area contributed by atoms with E-state index >= 15 is 0 Å². The Morgan fingerprint density at radius 2 is 2.16 bits per heavy atom. The Balaban J connectivity index is 2.44. The van der Waals surface area contributed by atoms with Crippen LogP contribution in [0.25, 0.3) is 0 Å². The molecule has 0 amide bonds. The Morgan fingerprint density at radius 3 is 2.79 bits per heavy atom. The van der Waals surface area contributed by atoms with Gasteiger partial charge in [0.2, 0.25) is 0 Å². The van der Waals surface area contributed by atoms with Gasteiger partial charge in [-0.2, -0.15) is 0 Å². The first-order valence-electron chi connectivity index (χ1n) is 6.20. The number of methoxy groups -OCH3 is 1. The highest BCUT2D eigenvalue weighted by molar-refractivity contribution is 5.76. The van der Waals surface area contributed by atoms with Crippen molar-refractivity contribution < 1.29 is 23.8 Å². The number of carboxylic acid groups (broad SMARTS) is 1. The van der Waals surface area contributed by atoms with Gasteiger partial charge in [-0.3, -0.25) is 4.79 Å². The first-order valence-corrected chi connectivity index (χ1v) is 6.20. The number of hydrogen-bond donors (Lipinski definition) is 1. The largest absolute Gasteiger partial charge is 0.481 e. The maximum atomic E-state index is 13.1. The molecule has 0 aliphatic rings. The van der Waals surface area contributed by atoms with Gasteiger partial charge >= 0.3 is 5.97 Å². The molecule has 0 aromatic heterocycles. The van der Waals surface area contributed by atoms with Gasteiger partial charge in [0.25, 0.3) is 0 Å². The predicted molar refractivity (Wildman–Crippen MR) is 68.7 cm³/mol. The first-order chi connectivity index (χ1) is 9.15. The Hall–Kier alpha value is -1.46. The smallest absolute Gasteiger partial charge is 0.311 e. The van der Waals surface area contributed by atoms with E-state index in [9.17, 15) is 9.18 Å². The molecular weight excluding hydrogens is 251 g/mol. The summed E-state index contributed by atoms with van der Waals surface area (Å²) in [5, 5.41) is 9.16. The van der Waals surface area contributed by atoms with Gasteiger partial charge in [0.15, 0.2) is 0 Å². The molecule has 5 heteroatoms. The van der Waals surface area contributed by atoms with Crippen LogP contribution in [0.3, 0.4) is 0 Å². The zero-order valence-electron chi connectivity index (χ0n) is 11.0. The van der Waals surface area contributed by atoms with Gasteiger partial charge in [-0.25, -0.2) is 4.39 Å². The third kappa shape index (κ3) is 5.81. The lowest BCUT2D eigenvalue weighted by atomic mass is 9.96. The third-order valence-corrected chi connectivity index (χ3v) is 2.74. The van der Waals surface area contributed by atoms with E-state index in [0.717, 1.165) is 6.42 Å². The predicted octanol–water partition coefficient (Wildman–Crippen LogP) is 2.44. The third-order valence-electron chi connectivity index (χ3n) is 2.74. The average Bonchev–Trinajstić information content (AvgIpc) is 2.37. The zero-order chi connectivity index (χ0) is 14.1. The van der Waals surface area contributed by atoms with Gasteiger partial charge in [-0.15, -0.1) is 0 Å². The summed E-state index contributed by atoms with van der Waals surface area (Å²) in [6.07, 6.45) is 1.10. The summed E-state index contributed by atoms with van der Waals surface area (Å²) < 4.78 is 23.3. The fraction of sp³-hybridized carbons (Fsp3) is 0.500. The number of hydrogen-bond acceptors (Lipinski definition) is 3. The van der Waals surface area contributed by atoms with Crippen LogP contribution in [0, 0.1) is 5.82 Å². The fourth-order valence-electron chi connectivity index (χ4n) is 1.76. The van der Waals surface area contributed by atoms with E-state index in [2.05, 4.69) is 0 Å². The lowest BCUT2D eigenvalue weighted by Crippen LogP contribution is -2.15. The van der Waals surface area contributed by atoms with Crippen LogP contribution < -0.4 is 0 Å². The molecule has 4 nitrogen and oxygen atoms in total. The van der Waals surface area contributed by atoms with Crippen LogP contribution >= 0.6 is 0 Å². The second kappa shape index (κ2) is 8.61. The van der Waals surface area contributed by atoms with Crippen molar-refractivity contribution in [1.29, 1.82) is 0 Å². The maximum absolute atomic E-state index is 13.1. The van der Waals surface area contributed by atoms with E-state index in [4.69, 9.17) is 14.6 Å². The zero-order valence-corrected chi connectivity index (χ0v) is 11.0. The molecule has 0 fully saturated rings. The summed E-state index contributed by atoms with van der Waals surface area (Å²) >= 11 is 0. The lowest BCUT2D eigenvalue weighted by molar-refractivity contribution is -0.139.